The predicted molar refractivity (Wildman–Crippen MR) is 97.1 cm³/mol. The number of ketones is 1. The van der Waals surface area contributed by atoms with Gasteiger partial charge in [-0.3, -0.25) is 9.78 Å². The molecule has 2 heterocycles. The van der Waals surface area contributed by atoms with Crippen LogP contribution in [0.2, 0.25) is 5.02 Å². The minimum atomic E-state index is 0.0267. The summed E-state index contributed by atoms with van der Waals surface area (Å²) in [7, 11) is 0. The monoisotopic (exact) mass is 357 g/mol. The van der Waals surface area contributed by atoms with E-state index in [2.05, 4.69) is 11.1 Å². The van der Waals surface area contributed by atoms with Crippen molar-refractivity contribution in [2.45, 2.75) is 32.3 Å². The minimum Gasteiger partial charge on any atom is -0.486 e. The second-order valence-corrected chi connectivity index (χ2v) is 7.42. The number of pyridine rings is 1. The molecule has 24 heavy (non-hydrogen) atoms. The molecule has 122 valence electrons. The number of aromatic nitrogens is 1. The molecule has 2 aromatic heterocycles. The van der Waals surface area contributed by atoms with Crippen LogP contribution in [0.25, 0.3) is 10.1 Å². The Balaban J connectivity index is 1.66. The van der Waals surface area contributed by atoms with Gasteiger partial charge in [0.2, 0.25) is 0 Å². The van der Waals surface area contributed by atoms with E-state index in [0.29, 0.717) is 11.4 Å². The maximum absolute atomic E-state index is 11.4. The van der Waals surface area contributed by atoms with E-state index >= 15 is 0 Å². The van der Waals surface area contributed by atoms with E-state index in [0.717, 1.165) is 45.5 Å². The van der Waals surface area contributed by atoms with Crippen LogP contribution in [0.15, 0.2) is 35.8 Å². The first-order valence-corrected chi connectivity index (χ1v) is 9.17. The van der Waals surface area contributed by atoms with Crippen LogP contribution in [0.1, 0.15) is 36.3 Å². The molecule has 0 saturated carbocycles. The number of Topliss-reactive ketones (excluding diaryl/α,β-unsaturated/α-hetero) is 1. The number of carbonyl (C=O) groups excluding carboxylic acids is 1. The van der Waals surface area contributed by atoms with Crippen molar-refractivity contribution in [3.63, 3.8) is 0 Å². The summed E-state index contributed by atoms with van der Waals surface area (Å²) in [6.45, 7) is 1.60. The molecule has 4 rings (SSSR count). The molecule has 3 nitrogen and oxygen atoms in total. The summed E-state index contributed by atoms with van der Waals surface area (Å²) in [5, 5.41) is 3.62. The van der Waals surface area contributed by atoms with Crippen LogP contribution >= 0.6 is 22.9 Å². The first-order valence-electron chi connectivity index (χ1n) is 7.91. The van der Waals surface area contributed by atoms with Crippen molar-refractivity contribution in [1.82, 2.24) is 4.98 Å². The molecule has 0 amide bonds. The van der Waals surface area contributed by atoms with Crippen LogP contribution in [-0.2, 0) is 17.6 Å². The fourth-order valence-electron chi connectivity index (χ4n) is 3.28. The Hall–Kier alpha value is -1.91. The molecule has 0 radical (unpaired) electrons. The maximum Gasteiger partial charge on any atom is 0.134 e. The van der Waals surface area contributed by atoms with E-state index in [9.17, 15) is 4.79 Å². The van der Waals surface area contributed by atoms with Gasteiger partial charge in [-0.1, -0.05) is 17.7 Å². The van der Waals surface area contributed by atoms with Gasteiger partial charge in [0.05, 0.1) is 5.02 Å². The number of benzene rings is 1. The number of nitrogens with zero attached hydrogens (tertiary/aromatic N) is 1. The second kappa shape index (κ2) is 6.19. The molecule has 0 saturated heterocycles. The molecule has 3 aromatic rings. The summed E-state index contributed by atoms with van der Waals surface area (Å²) < 4.78 is 7.25. The van der Waals surface area contributed by atoms with Crippen molar-refractivity contribution >= 4 is 38.8 Å². The van der Waals surface area contributed by atoms with E-state index in [1.165, 1.54) is 0 Å². The lowest BCUT2D eigenvalue weighted by Crippen LogP contribution is -2.03. The van der Waals surface area contributed by atoms with Gasteiger partial charge >= 0.3 is 0 Å². The highest BCUT2D eigenvalue weighted by Crippen LogP contribution is 2.39. The largest absolute Gasteiger partial charge is 0.486 e. The molecule has 5 heteroatoms. The average molecular weight is 358 g/mol. The van der Waals surface area contributed by atoms with E-state index in [4.69, 9.17) is 16.3 Å². The van der Waals surface area contributed by atoms with Gasteiger partial charge in [-0.05, 0) is 48.9 Å². The lowest BCUT2D eigenvalue weighted by atomic mass is 10.1. The number of hydrogen-bond acceptors (Lipinski definition) is 4. The van der Waals surface area contributed by atoms with Gasteiger partial charge in [-0.2, -0.15) is 0 Å². The van der Waals surface area contributed by atoms with Crippen molar-refractivity contribution in [3.05, 3.63) is 57.7 Å². The van der Waals surface area contributed by atoms with Crippen molar-refractivity contribution in [2.24, 2.45) is 0 Å². The standard InChI is InChI=1S/C19H16ClNO2S/c1-11(22)7-12-10-24-18-9-13(8-15(20)19(12)18)23-17-5-4-16-14(17)3-2-6-21-16/h2-3,6,8-10,17H,4-5,7H2,1H3/t17-/m0/s1. The van der Waals surface area contributed by atoms with E-state index in [1.54, 1.807) is 18.3 Å². The average Bonchev–Trinajstić information content (AvgIpc) is 3.12. The highest BCUT2D eigenvalue weighted by Gasteiger charge is 2.25. The minimum absolute atomic E-state index is 0.0267. The van der Waals surface area contributed by atoms with Crippen LogP contribution < -0.4 is 4.74 Å². The fraction of sp³-hybridized carbons (Fsp3) is 0.263. The molecule has 0 N–H and O–H groups in total. The fourth-order valence-corrected chi connectivity index (χ4v) is 4.68. The van der Waals surface area contributed by atoms with Crippen molar-refractivity contribution in [2.75, 3.05) is 0 Å². The van der Waals surface area contributed by atoms with Crippen molar-refractivity contribution in [3.8, 4) is 5.75 Å². The van der Waals surface area contributed by atoms with E-state index in [-0.39, 0.29) is 11.9 Å². The first-order chi connectivity index (χ1) is 11.6. The molecule has 0 bridgehead atoms. The summed E-state index contributed by atoms with van der Waals surface area (Å²) >= 11 is 8.08. The molecule has 0 spiro atoms. The Morgan fingerprint density at radius 3 is 3.17 bits per heavy atom. The number of carbonyl (C=O) groups is 1. The quantitative estimate of drug-likeness (QED) is 0.648. The molecule has 1 aliphatic rings. The molecule has 0 unspecified atom stereocenters. The maximum atomic E-state index is 11.4. The molecular weight excluding hydrogens is 342 g/mol. The Kier molecular flexibility index (Phi) is 4.02. The van der Waals surface area contributed by atoms with Crippen LogP contribution in [-0.4, -0.2) is 10.8 Å². The lowest BCUT2D eigenvalue weighted by Gasteiger charge is -2.15. The van der Waals surface area contributed by atoms with Gasteiger partial charge in [0, 0.05) is 34.0 Å². The first kappa shape index (κ1) is 15.6. The van der Waals surface area contributed by atoms with Crippen LogP contribution in [0.4, 0.5) is 0 Å². The Morgan fingerprint density at radius 2 is 2.33 bits per heavy atom. The molecule has 1 aliphatic carbocycles. The molecule has 0 aliphatic heterocycles. The van der Waals surface area contributed by atoms with Gasteiger partial charge < -0.3 is 4.74 Å². The van der Waals surface area contributed by atoms with Crippen LogP contribution in [0.5, 0.6) is 5.75 Å². The zero-order chi connectivity index (χ0) is 16.7. The van der Waals surface area contributed by atoms with Gasteiger partial charge in [0.1, 0.15) is 17.6 Å². The normalized spacial score (nSPS) is 16.3. The van der Waals surface area contributed by atoms with Gasteiger partial charge in [-0.25, -0.2) is 0 Å². The highest BCUT2D eigenvalue weighted by atomic mass is 35.5. The third-order valence-corrected chi connectivity index (χ3v) is 5.59. The summed E-state index contributed by atoms with van der Waals surface area (Å²) in [5.74, 6) is 0.909. The highest BCUT2D eigenvalue weighted by molar-refractivity contribution is 7.17. The molecule has 1 aromatic carbocycles. The molecule has 0 fully saturated rings. The Labute approximate surface area is 149 Å². The number of thiophene rings is 1. The Morgan fingerprint density at radius 1 is 1.46 bits per heavy atom. The summed E-state index contributed by atoms with van der Waals surface area (Å²) in [6.07, 6.45) is 4.15. The summed E-state index contributed by atoms with van der Waals surface area (Å²) in [5.41, 5.74) is 3.28. The van der Waals surface area contributed by atoms with E-state index < -0.39 is 0 Å². The smallest absolute Gasteiger partial charge is 0.134 e. The number of ether oxygens (including phenoxy) is 1. The number of aryl methyl sites for hydroxylation is 1. The zero-order valence-corrected chi connectivity index (χ0v) is 14.8. The SMILES string of the molecule is CC(=O)Cc1csc2cc(O[C@H]3CCc4ncccc43)cc(Cl)c12. The summed E-state index contributed by atoms with van der Waals surface area (Å²) in [4.78, 5) is 15.8. The Bertz CT molecular complexity index is 934. The molecule has 1 atom stereocenters. The zero-order valence-electron chi connectivity index (χ0n) is 13.2. The van der Waals surface area contributed by atoms with Crippen molar-refractivity contribution in [1.29, 1.82) is 0 Å². The third kappa shape index (κ3) is 2.80. The summed E-state index contributed by atoms with van der Waals surface area (Å²) in [6, 6.07) is 7.90. The van der Waals surface area contributed by atoms with Crippen molar-refractivity contribution < 1.29 is 9.53 Å². The molecular formula is C19H16ClNO2S. The van der Waals surface area contributed by atoms with Gasteiger partial charge in [0.15, 0.2) is 0 Å². The second-order valence-electron chi connectivity index (χ2n) is 6.10. The van der Waals surface area contributed by atoms with Crippen LogP contribution in [0, 0.1) is 0 Å². The van der Waals surface area contributed by atoms with Gasteiger partial charge in [-0.15, -0.1) is 11.3 Å². The number of rotatable bonds is 4. The number of fused-ring (bicyclic) bond motifs is 2. The predicted octanol–water partition coefficient (Wildman–Crippen LogP) is 5.15. The number of hydrogen-bond donors (Lipinski definition) is 0. The lowest BCUT2D eigenvalue weighted by molar-refractivity contribution is -0.116. The van der Waals surface area contributed by atoms with E-state index in [1.807, 2.05) is 29.8 Å². The van der Waals surface area contributed by atoms with Gasteiger partial charge in [0.25, 0.3) is 0 Å². The van der Waals surface area contributed by atoms with Crippen LogP contribution in [0.3, 0.4) is 0 Å². The topological polar surface area (TPSA) is 39.2 Å². The number of halogens is 1. The third-order valence-electron chi connectivity index (χ3n) is 4.31.